The highest BCUT2D eigenvalue weighted by Gasteiger charge is 2.33. The summed E-state index contributed by atoms with van der Waals surface area (Å²) in [6.45, 7) is -0.786. The van der Waals surface area contributed by atoms with Crippen LogP contribution in [-0.4, -0.2) is 20.9 Å². The molecule has 2 aromatic rings. The van der Waals surface area contributed by atoms with Gasteiger partial charge in [0.25, 0.3) is 0 Å². The second-order valence-electron chi connectivity index (χ2n) is 4.87. The Morgan fingerprint density at radius 1 is 1.00 bits per heavy atom. The number of alkyl halides is 3. The average molecular weight is 376 g/mol. The van der Waals surface area contributed by atoms with Crippen molar-refractivity contribution in [2.45, 2.75) is 11.1 Å². The van der Waals surface area contributed by atoms with Gasteiger partial charge in [-0.05, 0) is 36.4 Å². The molecule has 2 N–H and O–H groups in total. The normalized spacial score (nSPS) is 12.0. The minimum absolute atomic E-state index is 0.280. The van der Waals surface area contributed by atoms with Gasteiger partial charge < -0.3 is 5.32 Å². The van der Waals surface area contributed by atoms with Crippen LogP contribution in [0.2, 0.25) is 0 Å². The van der Waals surface area contributed by atoms with Crippen molar-refractivity contribution in [3.05, 3.63) is 59.9 Å². The van der Waals surface area contributed by atoms with Crippen molar-refractivity contribution in [2.75, 3.05) is 11.9 Å². The molecule has 0 aromatic heterocycles. The molecule has 25 heavy (non-hydrogen) atoms. The topological polar surface area (TPSA) is 75.3 Å². The number of amides is 1. The summed E-state index contributed by atoms with van der Waals surface area (Å²) in [5, 5.41) is 2.00. The minimum Gasteiger partial charge on any atom is -0.324 e. The maximum absolute atomic E-state index is 12.8. The first kappa shape index (κ1) is 18.9. The summed E-state index contributed by atoms with van der Waals surface area (Å²) < 4.78 is 77.1. The third-order valence-electron chi connectivity index (χ3n) is 3.05. The number of hydrogen-bond acceptors (Lipinski definition) is 3. The lowest BCUT2D eigenvalue weighted by atomic mass is 10.1. The summed E-state index contributed by atoms with van der Waals surface area (Å²) in [5.74, 6) is -1.62. The van der Waals surface area contributed by atoms with Gasteiger partial charge in [0, 0.05) is 0 Å². The quantitative estimate of drug-likeness (QED) is 0.788. The highest BCUT2D eigenvalue weighted by Crippen LogP contribution is 2.34. The molecule has 0 unspecified atom stereocenters. The van der Waals surface area contributed by atoms with E-state index in [1.54, 1.807) is 0 Å². The highest BCUT2D eigenvalue weighted by molar-refractivity contribution is 7.89. The zero-order valence-corrected chi connectivity index (χ0v) is 13.3. The van der Waals surface area contributed by atoms with E-state index in [4.69, 9.17) is 0 Å². The fourth-order valence-corrected chi connectivity index (χ4v) is 2.87. The Balaban J connectivity index is 2.06. The molecule has 5 nitrogen and oxygen atoms in total. The standard InChI is InChI=1S/C15H12F4N2O3S/c16-10-5-7-11(8-6-10)25(23,24)20-9-14(22)21-13-4-2-1-3-12(13)15(17,18)19/h1-8,20H,9H2,(H,21,22). The van der Waals surface area contributed by atoms with E-state index in [9.17, 15) is 30.8 Å². The van der Waals surface area contributed by atoms with Crippen LogP contribution in [0.3, 0.4) is 0 Å². The molecule has 2 aromatic carbocycles. The number of anilines is 1. The maximum Gasteiger partial charge on any atom is 0.418 e. The van der Waals surface area contributed by atoms with E-state index in [-0.39, 0.29) is 4.90 Å². The van der Waals surface area contributed by atoms with E-state index >= 15 is 0 Å². The van der Waals surface area contributed by atoms with E-state index in [0.717, 1.165) is 42.5 Å². The molecule has 10 heteroatoms. The van der Waals surface area contributed by atoms with Crippen LogP contribution in [0.1, 0.15) is 5.56 Å². The van der Waals surface area contributed by atoms with Crippen LogP contribution in [0.15, 0.2) is 53.4 Å². The number of carbonyl (C=O) groups is 1. The fourth-order valence-electron chi connectivity index (χ4n) is 1.89. The third-order valence-corrected chi connectivity index (χ3v) is 4.47. The second-order valence-corrected chi connectivity index (χ2v) is 6.64. The number of benzene rings is 2. The molecule has 0 saturated carbocycles. The van der Waals surface area contributed by atoms with Crippen molar-refractivity contribution >= 4 is 21.6 Å². The molecule has 0 spiro atoms. The molecule has 134 valence electrons. The molecule has 0 atom stereocenters. The van der Waals surface area contributed by atoms with Gasteiger partial charge in [0.1, 0.15) is 5.82 Å². The van der Waals surface area contributed by atoms with Crippen molar-refractivity contribution in [2.24, 2.45) is 0 Å². The summed E-state index contributed by atoms with van der Waals surface area (Å²) in [4.78, 5) is 11.5. The number of hydrogen-bond donors (Lipinski definition) is 2. The first-order valence-electron chi connectivity index (χ1n) is 6.81. The number of para-hydroxylation sites is 1. The van der Waals surface area contributed by atoms with Gasteiger partial charge in [-0.25, -0.2) is 17.5 Å². The largest absolute Gasteiger partial charge is 0.418 e. The van der Waals surface area contributed by atoms with Crippen LogP contribution in [0.5, 0.6) is 0 Å². The van der Waals surface area contributed by atoms with Crippen LogP contribution < -0.4 is 10.0 Å². The lowest BCUT2D eigenvalue weighted by molar-refractivity contribution is -0.137. The summed E-state index contributed by atoms with van der Waals surface area (Å²) in [5.41, 5.74) is -1.54. The summed E-state index contributed by atoms with van der Waals surface area (Å²) in [6.07, 6.45) is -4.67. The van der Waals surface area contributed by atoms with Gasteiger partial charge in [-0.1, -0.05) is 12.1 Å². The van der Waals surface area contributed by atoms with Gasteiger partial charge >= 0.3 is 6.18 Å². The smallest absolute Gasteiger partial charge is 0.324 e. The van der Waals surface area contributed by atoms with Gasteiger partial charge in [-0.3, -0.25) is 4.79 Å². The van der Waals surface area contributed by atoms with Gasteiger partial charge in [-0.2, -0.15) is 13.2 Å². The Bertz CT molecular complexity index is 865. The molecule has 0 bridgehead atoms. The molecule has 1 amide bonds. The maximum atomic E-state index is 12.8. The monoisotopic (exact) mass is 376 g/mol. The van der Waals surface area contributed by atoms with Crippen LogP contribution in [0.4, 0.5) is 23.2 Å². The molecule has 0 aliphatic carbocycles. The third kappa shape index (κ3) is 5.00. The first-order valence-corrected chi connectivity index (χ1v) is 8.29. The lowest BCUT2D eigenvalue weighted by Crippen LogP contribution is -2.33. The Hall–Kier alpha value is -2.46. The Morgan fingerprint density at radius 2 is 1.60 bits per heavy atom. The Labute approximate surface area is 140 Å². The summed E-state index contributed by atoms with van der Waals surface area (Å²) in [7, 11) is -4.10. The predicted molar refractivity (Wildman–Crippen MR) is 81.7 cm³/mol. The minimum atomic E-state index is -4.67. The molecule has 0 aliphatic heterocycles. The summed E-state index contributed by atoms with van der Waals surface area (Å²) >= 11 is 0. The lowest BCUT2D eigenvalue weighted by Gasteiger charge is -2.13. The Kier molecular flexibility index (Phi) is 5.43. The van der Waals surface area contributed by atoms with Crippen molar-refractivity contribution < 1.29 is 30.8 Å². The van der Waals surface area contributed by atoms with Gasteiger partial charge in [-0.15, -0.1) is 0 Å². The predicted octanol–water partition coefficient (Wildman–Crippen LogP) is 2.76. The fraction of sp³-hybridized carbons (Fsp3) is 0.133. The molecule has 0 fully saturated rings. The molecule has 0 aliphatic rings. The van der Waals surface area contributed by atoms with Crippen molar-refractivity contribution in [3.63, 3.8) is 0 Å². The molecule has 0 radical (unpaired) electrons. The highest BCUT2D eigenvalue weighted by atomic mass is 32.2. The van der Waals surface area contributed by atoms with Crippen LogP contribution in [0.25, 0.3) is 0 Å². The van der Waals surface area contributed by atoms with Crippen molar-refractivity contribution in [1.82, 2.24) is 4.72 Å². The van der Waals surface area contributed by atoms with Gasteiger partial charge in [0.15, 0.2) is 0 Å². The van der Waals surface area contributed by atoms with Crippen LogP contribution in [-0.2, 0) is 21.0 Å². The van der Waals surface area contributed by atoms with Gasteiger partial charge in [0.2, 0.25) is 15.9 Å². The number of carbonyl (C=O) groups excluding carboxylic acids is 1. The number of rotatable bonds is 5. The van der Waals surface area contributed by atoms with E-state index in [2.05, 4.69) is 0 Å². The number of nitrogens with one attached hydrogen (secondary N) is 2. The van der Waals surface area contributed by atoms with Crippen molar-refractivity contribution in [1.29, 1.82) is 0 Å². The Morgan fingerprint density at radius 3 is 2.20 bits per heavy atom. The van der Waals surface area contributed by atoms with E-state index in [1.165, 1.54) is 6.07 Å². The first-order chi connectivity index (χ1) is 11.6. The molecule has 0 saturated heterocycles. The van der Waals surface area contributed by atoms with Crippen molar-refractivity contribution in [3.8, 4) is 0 Å². The number of halogens is 4. The molecule has 0 heterocycles. The van der Waals surface area contributed by atoms with Crippen LogP contribution >= 0.6 is 0 Å². The zero-order valence-electron chi connectivity index (χ0n) is 12.5. The average Bonchev–Trinajstić information content (AvgIpc) is 2.53. The molecular formula is C15H12F4N2O3S. The SMILES string of the molecule is O=C(CNS(=O)(=O)c1ccc(F)cc1)Nc1ccccc1C(F)(F)F. The molecule has 2 rings (SSSR count). The van der Waals surface area contributed by atoms with E-state index < -0.39 is 45.7 Å². The second kappa shape index (κ2) is 7.19. The number of sulfonamides is 1. The van der Waals surface area contributed by atoms with Gasteiger partial charge in [0.05, 0.1) is 22.7 Å². The van der Waals surface area contributed by atoms with E-state index in [0.29, 0.717) is 0 Å². The summed E-state index contributed by atoms with van der Waals surface area (Å²) in [6, 6.07) is 8.14. The molecular weight excluding hydrogens is 364 g/mol. The van der Waals surface area contributed by atoms with E-state index in [1.807, 2.05) is 10.0 Å². The van der Waals surface area contributed by atoms with Crippen LogP contribution in [0, 0.1) is 5.82 Å². The zero-order chi connectivity index (χ0) is 18.7.